The van der Waals surface area contributed by atoms with E-state index < -0.39 is 0 Å². The van der Waals surface area contributed by atoms with Crippen molar-refractivity contribution in [3.63, 3.8) is 0 Å². The molecule has 0 bridgehead atoms. The van der Waals surface area contributed by atoms with E-state index in [1.54, 1.807) is 18.0 Å². The molecule has 5 heteroatoms. The summed E-state index contributed by atoms with van der Waals surface area (Å²) in [4.78, 5) is 17.8. The lowest BCUT2D eigenvalue weighted by Gasteiger charge is -2.21. The number of carbonyl (C=O) groups excluding carboxylic acids is 1. The summed E-state index contributed by atoms with van der Waals surface area (Å²) in [6.45, 7) is 0.520. The van der Waals surface area contributed by atoms with E-state index in [1.165, 1.54) is 0 Å². The number of carbonyl (C=O) groups is 1. The maximum absolute atomic E-state index is 12.0. The molecule has 1 aliphatic rings. The van der Waals surface area contributed by atoms with Crippen molar-refractivity contribution in [2.45, 2.75) is 24.6 Å². The minimum atomic E-state index is 0.0511. The Labute approximate surface area is 111 Å². The van der Waals surface area contributed by atoms with Crippen molar-refractivity contribution >= 4 is 17.7 Å². The Balaban J connectivity index is 1.73. The maximum Gasteiger partial charge on any atom is 0.232 e. The first-order valence-electron chi connectivity index (χ1n) is 6.18. The van der Waals surface area contributed by atoms with E-state index in [1.807, 2.05) is 23.2 Å². The highest BCUT2D eigenvalue weighted by Crippen LogP contribution is 2.27. The maximum atomic E-state index is 12.0. The Morgan fingerprint density at radius 3 is 3.00 bits per heavy atom. The normalized spacial score (nSPS) is 14.5. The van der Waals surface area contributed by atoms with Crippen molar-refractivity contribution in [2.75, 3.05) is 18.9 Å². The number of hydrogen-bond donors (Lipinski definition) is 1. The van der Waals surface area contributed by atoms with Gasteiger partial charge in [0.15, 0.2) is 0 Å². The van der Waals surface area contributed by atoms with Crippen LogP contribution in [0.2, 0.25) is 0 Å². The van der Waals surface area contributed by atoms with Gasteiger partial charge in [0.1, 0.15) is 0 Å². The number of nitrogens with zero attached hydrogens (tertiary/aromatic N) is 2. The number of amides is 1. The molecule has 18 heavy (non-hydrogen) atoms. The molecule has 0 atom stereocenters. The van der Waals surface area contributed by atoms with Crippen molar-refractivity contribution in [1.82, 2.24) is 9.88 Å². The second kappa shape index (κ2) is 6.75. The topological polar surface area (TPSA) is 53.4 Å². The standard InChI is InChI=1S/C13H18N2O2S/c16-7-6-15(12-3-4-12)13(17)10-18-9-11-2-1-5-14-8-11/h1-2,5,8,12,16H,3-4,6-7,9-10H2. The van der Waals surface area contributed by atoms with Crippen LogP contribution in [0.15, 0.2) is 24.5 Å². The predicted octanol–water partition coefficient (Wildman–Crippen LogP) is 1.30. The molecule has 1 aromatic rings. The van der Waals surface area contributed by atoms with Gasteiger partial charge in [-0.2, -0.15) is 0 Å². The Bertz CT molecular complexity index is 382. The number of aromatic nitrogens is 1. The third kappa shape index (κ3) is 3.99. The van der Waals surface area contributed by atoms with E-state index in [0.29, 0.717) is 18.3 Å². The molecule has 0 unspecified atom stereocenters. The molecule has 1 saturated carbocycles. The third-order valence-corrected chi connectivity index (χ3v) is 3.85. The minimum Gasteiger partial charge on any atom is -0.395 e. The lowest BCUT2D eigenvalue weighted by molar-refractivity contribution is -0.129. The van der Waals surface area contributed by atoms with Crippen LogP contribution < -0.4 is 0 Å². The number of aliphatic hydroxyl groups is 1. The summed E-state index contributed by atoms with van der Waals surface area (Å²) >= 11 is 1.60. The molecule has 1 heterocycles. The highest BCUT2D eigenvalue weighted by molar-refractivity contribution is 7.99. The van der Waals surface area contributed by atoms with E-state index in [4.69, 9.17) is 5.11 Å². The lowest BCUT2D eigenvalue weighted by atomic mass is 10.3. The summed E-state index contributed by atoms with van der Waals surface area (Å²) in [5, 5.41) is 8.96. The molecule has 1 amide bonds. The molecule has 0 saturated heterocycles. The number of rotatable bonds is 7. The van der Waals surface area contributed by atoms with Crippen molar-refractivity contribution in [1.29, 1.82) is 0 Å². The van der Waals surface area contributed by atoms with E-state index in [-0.39, 0.29) is 12.5 Å². The van der Waals surface area contributed by atoms with Crippen LogP contribution in [0.25, 0.3) is 0 Å². The van der Waals surface area contributed by atoms with Crippen LogP contribution in [0.5, 0.6) is 0 Å². The fourth-order valence-electron chi connectivity index (χ4n) is 1.83. The second-order valence-corrected chi connectivity index (χ2v) is 5.38. The van der Waals surface area contributed by atoms with E-state index in [9.17, 15) is 4.79 Å². The van der Waals surface area contributed by atoms with Crippen LogP contribution in [-0.2, 0) is 10.5 Å². The zero-order valence-corrected chi connectivity index (χ0v) is 11.1. The SMILES string of the molecule is O=C(CSCc1cccnc1)N(CCO)C1CC1. The van der Waals surface area contributed by atoms with Gasteiger partial charge in [0.25, 0.3) is 0 Å². The average Bonchev–Trinajstić information content (AvgIpc) is 3.21. The first-order chi connectivity index (χ1) is 8.81. The van der Waals surface area contributed by atoms with Gasteiger partial charge in [-0.15, -0.1) is 11.8 Å². The summed E-state index contributed by atoms with van der Waals surface area (Å²) in [6, 6.07) is 4.29. The summed E-state index contributed by atoms with van der Waals surface area (Å²) in [5.74, 6) is 1.42. The van der Waals surface area contributed by atoms with Crippen molar-refractivity contribution in [2.24, 2.45) is 0 Å². The van der Waals surface area contributed by atoms with Gasteiger partial charge in [-0.05, 0) is 24.5 Å². The molecule has 98 valence electrons. The number of thioether (sulfide) groups is 1. The first kappa shape index (κ1) is 13.4. The summed E-state index contributed by atoms with van der Waals surface area (Å²) in [6.07, 6.45) is 5.73. The van der Waals surface area contributed by atoms with Gasteiger partial charge >= 0.3 is 0 Å². The smallest absolute Gasteiger partial charge is 0.232 e. The molecular formula is C13H18N2O2S. The van der Waals surface area contributed by atoms with Gasteiger partial charge < -0.3 is 10.0 Å². The molecular weight excluding hydrogens is 248 g/mol. The van der Waals surface area contributed by atoms with Crippen LogP contribution in [0.4, 0.5) is 0 Å². The summed E-state index contributed by atoms with van der Waals surface area (Å²) in [5.41, 5.74) is 1.13. The zero-order valence-electron chi connectivity index (χ0n) is 10.3. The highest BCUT2D eigenvalue weighted by atomic mass is 32.2. The third-order valence-electron chi connectivity index (χ3n) is 2.87. The molecule has 4 nitrogen and oxygen atoms in total. The van der Waals surface area contributed by atoms with Gasteiger partial charge in [-0.1, -0.05) is 6.07 Å². The Hall–Kier alpha value is -1.07. The van der Waals surface area contributed by atoms with Crippen LogP contribution in [0.1, 0.15) is 18.4 Å². The van der Waals surface area contributed by atoms with Gasteiger partial charge in [-0.3, -0.25) is 9.78 Å². The molecule has 2 rings (SSSR count). The van der Waals surface area contributed by atoms with Gasteiger partial charge in [0, 0.05) is 30.7 Å². The predicted molar refractivity (Wildman–Crippen MR) is 72.2 cm³/mol. The summed E-state index contributed by atoms with van der Waals surface area (Å²) < 4.78 is 0. The minimum absolute atomic E-state index is 0.0511. The van der Waals surface area contributed by atoms with Crippen LogP contribution in [0.3, 0.4) is 0 Å². The number of hydrogen-bond acceptors (Lipinski definition) is 4. The average molecular weight is 266 g/mol. The Morgan fingerprint density at radius 1 is 1.56 bits per heavy atom. The monoisotopic (exact) mass is 266 g/mol. The first-order valence-corrected chi connectivity index (χ1v) is 7.33. The van der Waals surface area contributed by atoms with E-state index >= 15 is 0 Å². The van der Waals surface area contributed by atoms with Crippen LogP contribution >= 0.6 is 11.8 Å². The molecule has 1 aromatic heterocycles. The van der Waals surface area contributed by atoms with E-state index in [0.717, 1.165) is 24.2 Å². The van der Waals surface area contributed by atoms with Gasteiger partial charge in [0.05, 0.1) is 12.4 Å². The lowest BCUT2D eigenvalue weighted by Crippen LogP contribution is -2.36. The van der Waals surface area contributed by atoms with Crippen molar-refractivity contribution < 1.29 is 9.90 Å². The van der Waals surface area contributed by atoms with Gasteiger partial charge in [-0.25, -0.2) is 0 Å². The quantitative estimate of drug-likeness (QED) is 0.808. The molecule has 0 radical (unpaired) electrons. The fraction of sp³-hybridized carbons (Fsp3) is 0.538. The second-order valence-electron chi connectivity index (χ2n) is 4.40. The molecule has 1 aliphatic carbocycles. The molecule has 1 fully saturated rings. The molecule has 0 aliphatic heterocycles. The molecule has 0 aromatic carbocycles. The van der Waals surface area contributed by atoms with Crippen LogP contribution in [0, 0.1) is 0 Å². The van der Waals surface area contributed by atoms with Gasteiger partial charge in [0.2, 0.25) is 5.91 Å². The van der Waals surface area contributed by atoms with Crippen molar-refractivity contribution in [3.8, 4) is 0 Å². The fourth-order valence-corrected chi connectivity index (χ4v) is 2.68. The van der Waals surface area contributed by atoms with Crippen LogP contribution in [-0.4, -0.2) is 45.8 Å². The number of aliphatic hydroxyl groups excluding tert-OH is 1. The molecule has 0 spiro atoms. The molecule has 1 N–H and O–H groups in total. The Morgan fingerprint density at radius 2 is 2.39 bits per heavy atom. The largest absolute Gasteiger partial charge is 0.395 e. The van der Waals surface area contributed by atoms with E-state index in [2.05, 4.69) is 4.98 Å². The highest BCUT2D eigenvalue weighted by Gasteiger charge is 2.31. The summed E-state index contributed by atoms with van der Waals surface area (Å²) in [7, 11) is 0. The zero-order chi connectivity index (χ0) is 12.8. The number of pyridine rings is 1. The van der Waals surface area contributed by atoms with Crippen molar-refractivity contribution in [3.05, 3.63) is 30.1 Å². The Kier molecular flexibility index (Phi) is 5.01.